The largest absolute Gasteiger partial charge is 0.455 e. The van der Waals surface area contributed by atoms with E-state index in [1.807, 2.05) is 23.1 Å². The van der Waals surface area contributed by atoms with Gasteiger partial charge in [-0.25, -0.2) is 4.98 Å². The Bertz CT molecular complexity index is 986. The Labute approximate surface area is 190 Å². The van der Waals surface area contributed by atoms with Crippen LogP contribution in [0.25, 0.3) is 0 Å². The number of piperidine rings is 1. The SMILES string of the molecule is O=C(COC(=O)C1CCN(c2ccc(C(F)(F)F)cn2)CC1)N[C@H]1CCCc2ccccc21. The number of nitrogens with one attached hydrogen (secondary N) is 1. The van der Waals surface area contributed by atoms with Crippen molar-refractivity contribution in [3.63, 3.8) is 0 Å². The summed E-state index contributed by atoms with van der Waals surface area (Å²) < 4.78 is 43.3. The predicted molar refractivity (Wildman–Crippen MR) is 115 cm³/mol. The average molecular weight is 461 g/mol. The summed E-state index contributed by atoms with van der Waals surface area (Å²) in [6, 6.07) is 10.3. The molecular formula is C24H26F3N3O3. The molecule has 176 valence electrons. The van der Waals surface area contributed by atoms with Crippen LogP contribution in [0.3, 0.4) is 0 Å². The lowest BCUT2D eigenvalue weighted by Crippen LogP contribution is -2.39. The van der Waals surface area contributed by atoms with E-state index < -0.39 is 17.7 Å². The van der Waals surface area contributed by atoms with Crippen molar-refractivity contribution < 1.29 is 27.5 Å². The third-order valence-corrected chi connectivity index (χ3v) is 6.28. The molecule has 4 rings (SSSR count). The van der Waals surface area contributed by atoms with E-state index in [0.29, 0.717) is 31.7 Å². The van der Waals surface area contributed by atoms with Crippen molar-refractivity contribution in [3.05, 3.63) is 59.3 Å². The molecule has 0 bridgehead atoms. The van der Waals surface area contributed by atoms with E-state index in [1.165, 1.54) is 11.6 Å². The molecule has 1 amide bonds. The fraction of sp³-hybridized carbons (Fsp3) is 0.458. The molecule has 2 aliphatic rings. The highest BCUT2D eigenvalue weighted by molar-refractivity contribution is 5.81. The number of fused-ring (bicyclic) bond motifs is 1. The zero-order valence-electron chi connectivity index (χ0n) is 18.1. The van der Waals surface area contributed by atoms with Gasteiger partial charge >= 0.3 is 12.1 Å². The second-order valence-corrected chi connectivity index (χ2v) is 8.48. The maximum Gasteiger partial charge on any atom is 0.417 e. The van der Waals surface area contributed by atoms with E-state index in [1.54, 1.807) is 0 Å². The molecule has 1 aromatic carbocycles. The van der Waals surface area contributed by atoms with E-state index >= 15 is 0 Å². The van der Waals surface area contributed by atoms with Crippen LogP contribution in [0.4, 0.5) is 19.0 Å². The highest BCUT2D eigenvalue weighted by Crippen LogP contribution is 2.31. The Kier molecular flexibility index (Phi) is 6.85. The number of amides is 1. The van der Waals surface area contributed by atoms with Crippen molar-refractivity contribution in [1.29, 1.82) is 0 Å². The zero-order chi connectivity index (χ0) is 23.4. The number of pyridine rings is 1. The summed E-state index contributed by atoms with van der Waals surface area (Å²) >= 11 is 0. The number of halogens is 3. The second kappa shape index (κ2) is 9.80. The number of ether oxygens (including phenoxy) is 1. The molecule has 1 aliphatic carbocycles. The topological polar surface area (TPSA) is 71.5 Å². The fourth-order valence-corrected chi connectivity index (χ4v) is 4.48. The van der Waals surface area contributed by atoms with Gasteiger partial charge in [-0.2, -0.15) is 13.2 Å². The predicted octanol–water partition coefficient (Wildman–Crippen LogP) is 4.05. The van der Waals surface area contributed by atoms with Crippen LogP contribution in [-0.4, -0.2) is 36.6 Å². The highest BCUT2D eigenvalue weighted by Gasteiger charge is 2.32. The number of aryl methyl sites for hydroxylation is 1. The standard InChI is InChI=1S/C24H26F3N3O3/c25-24(26,27)18-8-9-21(28-14-18)30-12-10-17(11-13-30)23(32)33-15-22(31)29-20-7-3-5-16-4-1-2-6-19(16)20/h1-2,4,6,8-9,14,17,20H,3,5,7,10-13,15H2,(H,29,31)/t20-/m0/s1. The number of esters is 1. The molecule has 0 spiro atoms. The number of benzene rings is 1. The maximum atomic E-state index is 12.7. The molecule has 0 radical (unpaired) electrons. The smallest absolute Gasteiger partial charge is 0.417 e. The van der Waals surface area contributed by atoms with Gasteiger partial charge in [-0.1, -0.05) is 24.3 Å². The summed E-state index contributed by atoms with van der Waals surface area (Å²) in [7, 11) is 0. The van der Waals surface area contributed by atoms with Gasteiger partial charge in [0.2, 0.25) is 0 Å². The Morgan fingerprint density at radius 3 is 2.55 bits per heavy atom. The quantitative estimate of drug-likeness (QED) is 0.681. The first-order valence-corrected chi connectivity index (χ1v) is 11.1. The summed E-state index contributed by atoms with van der Waals surface area (Å²) in [6.45, 7) is 0.630. The molecule has 0 unspecified atom stereocenters. The molecular weight excluding hydrogens is 435 g/mol. The number of hydrogen-bond donors (Lipinski definition) is 1. The summed E-state index contributed by atoms with van der Waals surface area (Å²) in [5, 5.41) is 2.96. The Morgan fingerprint density at radius 2 is 1.85 bits per heavy atom. The Balaban J connectivity index is 1.22. The first-order valence-electron chi connectivity index (χ1n) is 11.1. The minimum absolute atomic E-state index is 0.0689. The summed E-state index contributed by atoms with van der Waals surface area (Å²) in [5.41, 5.74) is 1.56. The van der Waals surface area contributed by atoms with E-state index in [0.717, 1.165) is 37.1 Å². The highest BCUT2D eigenvalue weighted by atomic mass is 19.4. The van der Waals surface area contributed by atoms with Crippen LogP contribution in [0.1, 0.15) is 48.4 Å². The molecule has 6 nitrogen and oxygen atoms in total. The number of anilines is 1. The summed E-state index contributed by atoms with van der Waals surface area (Å²) in [4.78, 5) is 30.5. The zero-order valence-corrected chi connectivity index (χ0v) is 18.1. The van der Waals surface area contributed by atoms with Gasteiger partial charge in [-0.05, 0) is 55.4 Å². The van der Waals surface area contributed by atoms with Gasteiger partial charge in [0.05, 0.1) is 17.5 Å². The second-order valence-electron chi connectivity index (χ2n) is 8.48. The van der Waals surface area contributed by atoms with Crippen LogP contribution < -0.4 is 10.2 Å². The van der Waals surface area contributed by atoms with Gasteiger partial charge in [0.15, 0.2) is 6.61 Å². The van der Waals surface area contributed by atoms with Gasteiger partial charge in [0.1, 0.15) is 5.82 Å². The Morgan fingerprint density at radius 1 is 1.09 bits per heavy atom. The normalized spacial score (nSPS) is 19.0. The molecule has 33 heavy (non-hydrogen) atoms. The molecule has 2 heterocycles. The van der Waals surface area contributed by atoms with Crippen LogP contribution in [0.15, 0.2) is 42.6 Å². The van der Waals surface area contributed by atoms with Crippen molar-refractivity contribution in [2.45, 2.75) is 44.3 Å². The Hall–Kier alpha value is -3.10. The van der Waals surface area contributed by atoms with Gasteiger partial charge in [-0.15, -0.1) is 0 Å². The summed E-state index contributed by atoms with van der Waals surface area (Å²) in [5.74, 6) is -0.647. The van der Waals surface area contributed by atoms with Gasteiger partial charge in [-0.3, -0.25) is 9.59 Å². The van der Waals surface area contributed by atoms with Crippen molar-refractivity contribution in [1.82, 2.24) is 10.3 Å². The minimum Gasteiger partial charge on any atom is -0.455 e. The van der Waals surface area contributed by atoms with Crippen LogP contribution in [0, 0.1) is 5.92 Å². The van der Waals surface area contributed by atoms with Crippen LogP contribution in [0.2, 0.25) is 0 Å². The summed E-state index contributed by atoms with van der Waals surface area (Å²) in [6.07, 6.45) is 0.214. The van der Waals surface area contributed by atoms with E-state index in [4.69, 9.17) is 4.74 Å². The third kappa shape index (κ3) is 5.64. The average Bonchev–Trinajstić information content (AvgIpc) is 2.82. The monoisotopic (exact) mass is 461 g/mol. The lowest BCUT2D eigenvalue weighted by Gasteiger charge is -2.31. The van der Waals surface area contributed by atoms with Crippen molar-refractivity contribution in [2.24, 2.45) is 5.92 Å². The van der Waals surface area contributed by atoms with Gasteiger partial charge in [0, 0.05) is 19.3 Å². The molecule has 1 atom stereocenters. The van der Waals surface area contributed by atoms with Crippen LogP contribution in [-0.2, 0) is 26.9 Å². The number of carbonyl (C=O) groups excluding carboxylic acids is 2. The fourth-order valence-electron chi connectivity index (χ4n) is 4.48. The number of nitrogens with zero attached hydrogens (tertiary/aromatic N) is 2. The molecule has 1 fully saturated rings. The molecule has 1 saturated heterocycles. The van der Waals surface area contributed by atoms with Crippen molar-refractivity contribution in [2.75, 3.05) is 24.6 Å². The molecule has 0 saturated carbocycles. The van der Waals surface area contributed by atoms with Crippen LogP contribution in [0.5, 0.6) is 0 Å². The van der Waals surface area contributed by atoms with E-state index in [9.17, 15) is 22.8 Å². The first kappa shape index (κ1) is 23.1. The first-order chi connectivity index (χ1) is 15.8. The van der Waals surface area contributed by atoms with E-state index in [2.05, 4.69) is 16.4 Å². The molecule has 2 aromatic rings. The van der Waals surface area contributed by atoms with Gasteiger partial charge in [0.25, 0.3) is 5.91 Å². The number of rotatable bonds is 5. The lowest BCUT2D eigenvalue weighted by molar-refractivity contribution is -0.153. The molecule has 1 aliphatic heterocycles. The number of aromatic nitrogens is 1. The van der Waals surface area contributed by atoms with Crippen molar-refractivity contribution in [3.8, 4) is 0 Å². The molecule has 9 heteroatoms. The number of alkyl halides is 3. The van der Waals surface area contributed by atoms with Crippen molar-refractivity contribution >= 4 is 17.7 Å². The lowest BCUT2D eigenvalue weighted by atomic mass is 9.88. The molecule has 1 N–H and O–H groups in total. The number of hydrogen-bond acceptors (Lipinski definition) is 5. The van der Waals surface area contributed by atoms with E-state index in [-0.39, 0.29) is 24.5 Å². The third-order valence-electron chi connectivity index (χ3n) is 6.28. The maximum absolute atomic E-state index is 12.7. The minimum atomic E-state index is -4.42. The number of carbonyl (C=O) groups is 2. The molecule has 1 aromatic heterocycles. The van der Waals surface area contributed by atoms with Gasteiger partial charge < -0.3 is 15.0 Å². The van der Waals surface area contributed by atoms with Crippen LogP contribution >= 0.6 is 0 Å².